The van der Waals surface area contributed by atoms with E-state index in [9.17, 15) is 88.2 Å². The van der Waals surface area contributed by atoms with Gasteiger partial charge in [0, 0.05) is 47.1 Å². The first-order valence-corrected chi connectivity index (χ1v) is 12.8. The molecule has 51 heavy (non-hydrogen) atoms. The van der Waals surface area contributed by atoms with Crippen LogP contribution in [0.4, 0.5) is 83.4 Å². The monoisotopic (exact) mass is 804 g/mol. The predicted molar refractivity (Wildman–Crippen MR) is 125 cm³/mol. The molecule has 27 heteroatoms. The fourth-order valence-electron chi connectivity index (χ4n) is 2.58. The van der Waals surface area contributed by atoms with E-state index in [4.69, 9.17) is 5.11 Å². The van der Waals surface area contributed by atoms with E-state index in [2.05, 4.69) is 35.0 Å². The third-order valence-electron chi connectivity index (χ3n) is 6.23. The Morgan fingerprint density at radius 1 is 0.431 bits per heavy atom. The molecule has 0 spiro atoms. The number of aliphatic hydroxyl groups is 1. The van der Waals surface area contributed by atoms with E-state index < -0.39 is 131 Å². The lowest BCUT2D eigenvalue weighted by Gasteiger charge is -2.43. The Morgan fingerprint density at radius 2 is 0.647 bits per heavy atom. The van der Waals surface area contributed by atoms with Crippen molar-refractivity contribution in [2.75, 3.05) is 0 Å². The molecular formula is C24H27F19O8. The van der Waals surface area contributed by atoms with E-state index in [0.29, 0.717) is 0 Å². The maximum Gasteiger partial charge on any atom is 0.417 e. The van der Waals surface area contributed by atoms with Crippen molar-refractivity contribution in [2.24, 2.45) is 0 Å². The average Bonchev–Trinajstić information content (AvgIpc) is 2.78. The van der Waals surface area contributed by atoms with Gasteiger partial charge < -0.3 is 9.84 Å². The summed E-state index contributed by atoms with van der Waals surface area (Å²) in [7, 11) is 0. The molecule has 0 saturated heterocycles. The molecule has 0 radical (unpaired) electrons. The van der Waals surface area contributed by atoms with Crippen LogP contribution in [-0.4, -0.2) is 88.5 Å². The molecule has 0 rings (SSSR count). The first-order chi connectivity index (χ1) is 21.6. The lowest BCUT2D eigenvalue weighted by atomic mass is 9.98. The van der Waals surface area contributed by atoms with Crippen molar-refractivity contribution >= 4 is 5.97 Å². The summed E-state index contributed by atoms with van der Waals surface area (Å²) in [6, 6.07) is 0. The van der Waals surface area contributed by atoms with Gasteiger partial charge in [-0.2, -0.15) is 57.1 Å². The van der Waals surface area contributed by atoms with E-state index >= 15 is 0 Å². The van der Waals surface area contributed by atoms with Gasteiger partial charge in [0.2, 0.25) is 0 Å². The third-order valence-corrected chi connectivity index (χ3v) is 6.23. The highest BCUT2D eigenvalue weighted by molar-refractivity contribution is 5.87. The SMILES string of the molecule is C=C(C)C(=O)OC(C)(F)C(C)(F)C(F)(F)OC(C)(F)C(F)(F)OC(C)(F)C(F)(F)OC(C)(F)C(F)(F)OC(C)(F)C(F)(F)OC(C)(F)C(O)(F)F. The molecule has 0 aromatic heterocycles. The number of esters is 1. The number of halogens is 19. The van der Waals surface area contributed by atoms with Crippen LogP contribution < -0.4 is 0 Å². The van der Waals surface area contributed by atoms with Gasteiger partial charge in [-0.1, -0.05) is 6.58 Å². The quantitative estimate of drug-likeness (QED) is 0.0790. The minimum Gasteiger partial charge on any atom is -0.422 e. The summed E-state index contributed by atoms with van der Waals surface area (Å²) in [5, 5.41) is 8.18. The molecule has 7 atom stereocenters. The molecule has 7 unspecified atom stereocenters. The summed E-state index contributed by atoms with van der Waals surface area (Å²) in [5.74, 6) is -35.5. The van der Waals surface area contributed by atoms with Crippen LogP contribution in [-0.2, 0) is 33.2 Å². The Morgan fingerprint density at radius 3 is 0.863 bits per heavy atom. The zero-order chi connectivity index (χ0) is 41.9. The van der Waals surface area contributed by atoms with Gasteiger partial charge in [-0.05, 0) is 13.8 Å². The molecule has 8 nitrogen and oxygen atoms in total. The number of alkyl halides is 19. The molecule has 0 saturated carbocycles. The largest absolute Gasteiger partial charge is 0.422 e. The number of rotatable bonds is 19. The van der Waals surface area contributed by atoms with Gasteiger partial charge >= 0.3 is 71.9 Å². The zero-order valence-electron chi connectivity index (χ0n) is 26.7. The number of carbonyl (C=O) groups is 1. The Bertz CT molecular complexity index is 1270. The maximum atomic E-state index is 14.8. The molecule has 0 aliphatic carbocycles. The molecule has 0 fully saturated rings. The molecule has 0 bridgehead atoms. The van der Waals surface area contributed by atoms with Crippen LogP contribution in [0.3, 0.4) is 0 Å². The molecule has 0 aliphatic rings. The van der Waals surface area contributed by atoms with Gasteiger partial charge in [0.05, 0.1) is 0 Å². The molecule has 304 valence electrons. The van der Waals surface area contributed by atoms with E-state index in [0.717, 1.165) is 6.92 Å². The lowest BCUT2D eigenvalue weighted by molar-refractivity contribution is -0.539. The van der Waals surface area contributed by atoms with Crippen molar-refractivity contribution < 1.29 is 122 Å². The smallest absolute Gasteiger partial charge is 0.417 e. The fourth-order valence-corrected chi connectivity index (χ4v) is 2.58. The van der Waals surface area contributed by atoms with Crippen molar-refractivity contribution in [2.45, 2.75) is 133 Å². The Balaban J connectivity index is 6.39. The molecular weight excluding hydrogens is 777 g/mol. The average molecular weight is 804 g/mol. The summed E-state index contributed by atoms with van der Waals surface area (Å²) in [6.45, 7) is -1.99. The summed E-state index contributed by atoms with van der Waals surface area (Å²) >= 11 is 0. The summed E-state index contributed by atoms with van der Waals surface area (Å²) in [6.07, 6.45) is -38.8. The standard InChI is InChI=1S/C24H27F19O8/c1-10(2)11(44)46-13(4,26)12(3,25)20(34,35)48-15(6,28)22(38,39)50-17(8,30)24(42,43)51-18(9,31)23(40,41)49-16(7,29)21(36,37)47-14(5,27)19(32,33)45/h45H,1H2,2-9H3. The van der Waals surface area contributed by atoms with Gasteiger partial charge in [0.25, 0.3) is 11.5 Å². The van der Waals surface area contributed by atoms with Gasteiger partial charge in [-0.25, -0.2) is 31.1 Å². The molecule has 0 heterocycles. The highest BCUT2D eigenvalue weighted by Gasteiger charge is 2.75. The van der Waals surface area contributed by atoms with Gasteiger partial charge in [0.15, 0.2) is 0 Å². The third kappa shape index (κ3) is 10.00. The first-order valence-electron chi connectivity index (χ1n) is 12.8. The van der Waals surface area contributed by atoms with Crippen LogP contribution >= 0.6 is 0 Å². The second kappa shape index (κ2) is 13.5. The number of hydrogen-bond acceptors (Lipinski definition) is 8. The van der Waals surface area contributed by atoms with E-state index in [1.165, 1.54) is 0 Å². The summed E-state index contributed by atoms with van der Waals surface area (Å²) < 4.78 is 287. The topological polar surface area (TPSA) is 92.7 Å². The molecule has 0 amide bonds. The van der Waals surface area contributed by atoms with Gasteiger partial charge in [0.1, 0.15) is 0 Å². The predicted octanol–water partition coefficient (Wildman–Crippen LogP) is 8.58. The zero-order valence-corrected chi connectivity index (χ0v) is 26.7. The highest BCUT2D eigenvalue weighted by atomic mass is 19.3. The molecule has 0 aliphatic heterocycles. The van der Waals surface area contributed by atoms with Gasteiger partial charge in [-0.3, -0.25) is 23.7 Å². The lowest BCUT2D eigenvalue weighted by Crippen LogP contribution is -2.64. The number of ether oxygens (including phenoxy) is 6. The van der Waals surface area contributed by atoms with Crippen molar-refractivity contribution in [3.05, 3.63) is 12.2 Å². The van der Waals surface area contributed by atoms with E-state index in [1.54, 1.807) is 0 Å². The van der Waals surface area contributed by atoms with Crippen LogP contribution in [0.5, 0.6) is 0 Å². The van der Waals surface area contributed by atoms with Crippen molar-refractivity contribution in [1.29, 1.82) is 0 Å². The Hall–Kier alpha value is -2.36. The Labute approximate surface area is 273 Å². The Kier molecular flexibility index (Phi) is 12.9. The van der Waals surface area contributed by atoms with Crippen LogP contribution in [0.2, 0.25) is 0 Å². The van der Waals surface area contributed by atoms with E-state index in [1.807, 2.05) is 0 Å². The highest BCUT2D eigenvalue weighted by Crippen LogP contribution is 2.53. The van der Waals surface area contributed by atoms with Crippen LogP contribution in [0.15, 0.2) is 12.2 Å². The van der Waals surface area contributed by atoms with Gasteiger partial charge in [-0.15, -0.1) is 0 Å². The maximum absolute atomic E-state index is 14.8. The van der Waals surface area contributed by atoms with E-state index in [-0.39, 0.29) is 6.92 Å². The molecule has 1 N–H and O–H groups in total. The second-order valence-corrected chi connectivity index (χ2v) is 11.3. The second-order valence-electron chi connectivity index (χ2n) is 11.3. The fraction of sp³-hybridized carbons (Fsp3) is 0.875. The number of carbonyl (C=O) groups excluding carboxylic acids is 1. The molecule has 0 aromatic rings. The summed E-state index contributed by atoms with van der Waals surface area (Å²) in [4.78, 5) is 11.4. The summed E-state index contributed by atoms with van der Waals surface area (Å²) in [5.41, 5.74) is -5.98. The van der Waals surface area contributed by atoms with Crippen LogP contribution in [0, 0.1) is 0 Å². The number of hydrogen-bond donors (Lipinski definition) is 1. The van der Waals surface area contributed by atoms with Crippen LogP contribution in [0.1, 0.15) is 55.4 Å². The normalized spacial score (nSPS) is 22.6. The van der Waals surface area contributed by atoms with Crippen molar-refractivity contribution in [1.82, 2.24) is 0 Å². The minimum absolute atomic E-state index is 0.287. The van der Waals surface area contributed by atoms with Crippen molar-refractivity contribution in [3.8, 4) is 0 Å². The van der Waals surface area contributed by atoms with Crippen molar-refractivity contribution in [3.63, 3.8) is 0 Å². The minimum atomic E-state index is -6.77. The van der Waals surface area contributed by atoms with Crippen LogP contribution in [0.25, 0.3) is 0 Å². The molecule has 0 aromatic carbocycles. The first kappa shape index (κ1) is 48.6.